The Kier molecular flexibility index (Phi) is 2.28. The summed E-state index contributed by atoms with van der Waals surface area (Å²) in [5.41, 5.74) is 1.57. The second kappa shape index (κ2) is 3.67. The van der Waals surface area contributed by atoms with Crippen LogP contribution in [-0.4, -0.2) is 9.97 Å². The summed E-state index contributed by atoms with van der Waals surface area (Å²) in [5, 5.41) is 1.13. The molecule has 0 spiro atoms. The van der Waals surface area contributed by atoms with E-state index in [4.69, 9.17) is 11.6 Å². The first-order valence-corrected chi connectivity index (χ1v) is 5.74. The zero-order chi connectivity index (χ0) is 11.1. The van der Waals surface area contributed by atoms with Crippen LogP contribution in [0.5, 0.6) is 0 Å². The Morgan fingerprint density at radius 2 is 2.06 bits per heavy atom. The van der Waals surface area contributed by atoms with Crippen molar-refractivity contribution in [2.24, 2.45) is 0 Å². The highest BCUT2D eigenvalue weighted by atomic mass is 35.5. The molecule has 16 heavy (non-hydrogen) atoms. The molecule has 0 bridgehead atoms. The molecule has 1 aliphatic carbocycles. The summed E-state index contributed by atoms with van der Waals surface area (Å²) in [6, 6.07) is 4.60. The van der Waals surface area contributed by atoms with E-state index in [1.165, 1.54) is 18.6 Å². The molecule has 3 rings (SSSR count). The molecule has 0 N–H and O–H groups in total. The monoisotopic (exact) mass is 236 g/mol. The number of hydrogen-bond acceptors (Lipinski definition) is 2. The van der Waals surface area contributed by atoms with Gasteiger partial charge in [-0.15, -0.1) is 0 Å². The van der Waals surface area contributed by atoms with Crippen molar-refractivity contribution >= 4 is 22.5 Å². The number of halogens is 2. The molecule has 1 aromatic heterocycles. The Labute approximate surface area is 97.5 Å². The molecule has 1 fully saturated rings. The molecule has 0 unspecified atom stereocenters. The molecule has 0 atom stereocenters. The molecule has 2 aromatic rings. The van der Waals surface area contributed by atoms with Gasteiger partial charge in [-0.2, -0.15) is 0 Å². The molecule has 0 saturated heterocycles. The largest absolute Gasteiger partial charge is 0.223 e. The van der Waals surface area contributed by atoms with Crippen molar-refractivity contribution < 1.29 is 4.39 Å². The third kappa shape index (κ3) is 1.55. The summed E-state index contributed by atoms with van der Waals surface area (Å²) >= 11 is 5.86. The van der Waals surface area contributed by atoms with Crippen LogP contribution in [0.2, 0.25) is 5.28 Å². The van der Waals surface area contributed by atoms with Gasteiger partial charge in [0.05, 0.1) is 11.2 Å². The van der Waals surface area contributed by atoms with Crippen molar-refractivity contribution in [2.45, 2.75) is 25.2 Å². The summed E-state index contributed by atoms with van der Waals surface area (Å²) in [6.07, 6.45) is 3.51. The van der Waals surface area contributed by atoms with Crippen LogP contribution in [0.4, 0.5) is 4.39 Å². The van der Waals surface area contributed by atoms with Crippen molar-refractivity contribution in [3.63, 3.8) is 0 Å². The van der Waals surface area contributed by atoms with Gasteiger partial charge in [0.1, 0.15) is 5.82 Å². The molecule has 1 heterocycles. The van der Waals surface area contributed by atoms with E-state index in [2.05, 4.69) is 9.97 Å². The second-order valence-electron chi connectivity index (χ2n) is 4.17. The highest BCUT2D eigenvalue weighted by Gasteiger charge is 2.23. The van der Waals surface area contributed by atoms with Gasteiger partial charge in [0, 0.05) is 17.4 Å². The summed E-state index contributed by atoms with van der Waals surface area (Å²) in [6.45, 7) is 0. The van der Waals surface area contributed by atoms with Crippen molar-refractivity contribution in [2.75, 3.05) is 0 Å². The highest BCUT2D eigenvalue weighted by Crippen LogP contribution is 2.38. The van der Waals surface area contributed by atoms with Crippen LogP contribution in [0.3, 0.4) is 0 Å². The summed E-state index contributed by atoms with van der Waals surface area (Å²) < 4.78 is 13.1. The fourth-order valence-electron chi connectivity index (χ4n) is 2.09. The van der Waals surface area contributed by atoms with Crippen LogP contribution in [0.15, 0.2) is 18.2 Å². The van der Waals surface area contributed by atoms with Gasteiger partial charge in [0.25, 0.3) is 0 Å². The van der Waals surface area contributed by atoms with Gasteiger partial charge in [0.2, 0.25) is 5.28 Å². The fraction of sp³-hybridized carbons (Fsp3) is 0.333. The molecule has 0 radical (unpaired) electrons. The first-order chi connectivity index (χ1) is 7.74. The maximum Gasteiger partial charge on any atom is 0.223 e. The van der Waals surface area contributed by atoms with E-state index in [-0.39, 0.29) is 11.1 Å². The van der Waals surface area contributed by atoms with E-state index in [1.54, 1.807) is 6.07 Å². The van der Waals surface area contributed by atoms with Crippen LogP contribution in [0.25, 0.3) is 10.9 Å². The van der Waals surface area contributed by atoms with E-state index in [9.17, 15) is 4.39 Å². The summed E-state index contributed by atoms with van der Waals surface area (Å²) in [5.74, 6) is 0.176. The Hall–Kier alpha value is -1.22. The topological polar surface area (TPSA) is 25.8 Å². The van der Waals surface area contributed by atoms with Crippen LogP contribution >= 0.6 is 11.6 Å². The molecule has 82 valence electrons. The van der Waals surface area contributed by atoms with Crippen molar-refractivity contribution in [3.05, 3.63) is 35.0 Å². The van der Waals surface area contributed by atoms with Gasteiger partial charge in [-0.05, 0) is 36.6 Å². The maximum absolute atomic E-state index is 13.1. The van der Waals surface area contributed by atoms with E-state index < -0.39 is 0 Å². The third-order valence-corrected chi connectivity index (χ3v) is 3.32. The molecular weight excluding hydrogens is 227 g/mol. The van der Waals surface area contributed by atoms with E-state index in [0.717, 1.165) is 23.9 Å². The van der Waals surface area contributed by atoms with Gasteiger partial charge in [-0.3, -0.25) is 0 Å². The number of nitrogens with zero attached hydrogens (tertiary/aromatic N) is 2. The average molecular weight is 237 g/mol. The van der Waals surface area contributed by atoms with Crippen LogP contribution in [-0.2, 0) is 0 Å². The number of aromatic nitrogens is 2. The summed E-state index contributed by atoms with van der Waals surface area (Å²) in [7, 11) is 0. The number of rotatable bonds is 1. The SMILES string of the molecule is Fc1ccc2c(C3CCC3)nc(Cl)nc2c1. The van der Waals surface area contributed by atoms with Crippen LogP contribution < -0.4 is 0 Å². The van der Waals surface area contributed by atoms with E-state index in [0.29, 0.717) is 11.4 Å². The standard InChI is InChI=1S/C12H10ClFN2/c13-12-15-10-6-8(14)4-5-9(10)11(16-12)7-2-1-3-7/h4-7H,1-3H2. The normalized spacial score (nSPS) is 16.4. The van der Waals surface area contributed by atoms with Crippen molar-refractivity contribution in [3.8, 4) is 0 Å². The lowest BCUT2D eigenvalue weighted by Crippen LogP contribution is -2.11. The second-order valence-corrected chi connectivity index (χ2v) is 4.51. The predicted molar refractivity (Wildman–Crippen MR) is 61.1 cm³/mol. The Morgan fingerprint density at radius 1 is 1.25 bits per heavy atom. The lowest BCUT2D eigenvalue weighted by atomic mass is 9.81. The highest BCUT2D eigenvalue weighted by molar-refractivity contribution is 6.28. The molecule has 1 aromatic carbocycles. The Morgan fingerprint density at radius 3 is 2.75 bits per heavy atom. The van der Waals surface area contributed by atoms with Crippen molar-refractivity contribution in [1.82, 2.24) is 9.97 Å². The Balaban J connectivity index is 2.25. The van der Waals surface area contributed by atoms with Gasteiger partial charge in [-0.1, -0.05) is 6.42 Å². The van der Waals surface area contributed by atoms with Crippen LogP contribution in [0.1, 0.15) is 30.9 Å². The first-order valence-electron chi connectivity index (χ1n) is 5.37. The molecule has 0 aliphatic heterocycles. The van der Waals surface area contributed by atoms with E-state index >= 15 is 0 Å². The molecular formula is C12H10ClFN2. The zero-order valence-corrected chi connectivity index (χ0v) is 9.34. The lowest BCUT2D eigenvalue weighted by Gasteiger charge is -2.25. The van der Waals surface area contributed by atoms with Crippen molar-refractivity contribution in [1.29, 1.82) is 0 Å². The number of fused-ring (bicyclic) bond motifs is 1. The molecule has 1 aliphatic rings. The predicted octanol–water partition coefficient (Wildman–Crippen LogP) is 3.69. The van der Waals surface area contributed by atoms with Gasteiger partial charge in [-0.25, -0.2) is 14.4 Å². The molecule has 1 saturated carbocycles. The zero-order valence-electron chi connectivity index (χ0n) is 8.58. The van der Waals surface area contributed by atoms with Gasteiger partial charge in [0.15, 0.2) is 0 Å². The average Bonchev–Trinajstić information content (AvgIpc) is 2.13. The van der Waals surface area contributed by atoms with Crippen LogP contribution in [0, 0.1) is 5.82 Å². The smallest absolute Gasteiger partial charge is 0.222 e. The minimum Gasteiger partial charge on any atom is -0.222 e. The maximum atomic E-state index is 13.1. The molecule has 2 nitrogen and oxygen atoms in total. The molecule has 0 amide bonds. The quantitative estimate of drug-likeness (QED) is 0.706. The minimum atomic E-state index is -0.290. The number of benzene rings is 1. The van der Waals surface area contributed by atoms with Gasteiger partial charge >= 0.3 is 0 Å². The van der Waals surface area contributed by atoms with Gasteiger partial charge < -0.3 is 0 Å². The lowest BCUT2D eigenvalue weighted by molar-refractivity contribution is 0.413. The summed E-state index contributed by atoms with van der Waals surface area (Å²) in [4.78, 5) is 8.34. The fourth-order valence-corrected chi connectivity index (χ4v) is 2.27. The number of hydrogen-bond donors (Lipinski definition) is 0. The minimum absolute atomic E-state index is 0.208. The Bertz CT molecular complexity index is 547. The third-order valence-electron chi connectivity index (χ3n) is 3.15. The van der Waals surface area contributed by atoms with E-state index in [1.807, 2.05) is 0 Å². The first kappa shape index (κ1) is 9.97. The molecule has 4 heteroatoms.